The van der Waals surface area contributed by atoms with Crippen LogP contribution < -0.4 is 5.56 Å². The van der Waals surface area contributed by atoms with Crippen LogP contribution in [0.2, 0.25) is 0 Å². The molecule has 0 aromatic carbocycles. The fraction of sp³-hybridized carbons (Fsp3) is 0.500. The number of H-pyrrole nitrogens is 1. The fourth-order valence-electron chi connectivity index (χ4n) is 3.09. The van der Waals surface area contributed by atoms with Gasteiger partial charge < -0.3 is 14.0 Å². The van der Waals surface area contributed by atoms with Crippen molar-refractivity contribution in [1.29, 1.82) is 0 Å². The lowest BCUT2D eigenvalue weighted by atomic mass is 9.96. The van der Waals surface area contributed by atoms with Gasteiger partial charge in [-0.05, 0) is 6.42 Å². The number of hydrogen-bond donors (Lipinski definition) is 1. The average Bonchev–Trinajstić information content (AvgIpc) is 2.90. The summed E-state index contributed by atoms with van der Waals surface area (Å²) in [6.45, 7) is 1.27. The molecule has 2 atom stereocenters. The first-order chi connectivity index (χ1) is 10.1. The Morgan fingerprint density at radius 2 is 2.29 bits per heavy atom. The zero-order valence-electron chi connectivity index (χ0n) is 11.7. The predicted octanol–water partition coefficient (Wildman–Crippen LogP) is 0.431. The van der Waals surface area contributed by atoms with Crippen LogP contribution in [0.3, 0.4) is 0 Å². The molecule has 2 fully saturated rings. The summed E-state index contributed by atoms with van der Waals surface area (Å²) in [6, 6.07) is 1.46. The molecule has 2 aliphatic rings. The Morgan fingerprint density at radius 3 is 2.90 bits per heavy atom. The van der Waals surface area contributed by atoms with Crippen molar-refractivity contribution in [1.82, 2.24) is 19.6 Å². The third kappa shape index (κ3) is 2.00. The molecule has 0 spiro atoms. The van der Waals surface area contributed by atoms with E-state index in [1.807, 2.05) is 22.7 Å². The molecular weight excluding hydrogens is 272 g/mol. The minimum Gasteiger partial charge on any atom is -0.383 e. The van der Waals surface area contributed by atoms with Gasteiger partial charge in [-0.25, -0.2) is 4.98 Å². The Kier molecular flexibility index (Phi) is 2.57. The largest absolute Gasteiger partial charge is 0.383 e. The van der Waals surface area contributed by atoms with Crippen LogP contribution in [0.1, 0.15) is 29.7 Å². The Bertz CT molecular complexity index is 737. The molecule has 1 aliphatic heterocycles. The molecule has 1 saturated heterocycles. The van der Waals surface area contributed by atoms with Gasteiger partial charge in [0.2, 0.25) is 5.91 Å². The minimum absolute atomic E-state index is 0.0829. The van der Waals surface area contributed by atoms with Crippen molar-refractivity contribution in [3.8, 4) is 0 Å². The standard InChI is InChI=1S/C14H16N4O3/c1-17-7-15-4-11(17)9-2-10(9)14(20)18-5-8(6-18)12-3-13(19)16-21-12/h3-4,7-10H,2,5-6H2,1H3,(H,16,19)/t9-,10-/m1/s1. The van der Waals surface area contributed by atoms with Gasteiger partial charge in [-0.1, -0.05) is 0 Å². The Labute approximate surface area is 120 Å². The summed E-state index contributed by atoms with van der Waals surface area (Å²) < 4.78 is 7.06. The molecule has 7 nitrogen and oxygen atoms in total. The smallest absolute Gasteiger partial charge is 0.280 e. The first-order valence-corrected chi connectivity index (χ1v) is 7.07. The van der Waals surface area contributed by atoms with E-state index in [0.29, 0.717) is 24.8 Å². The summed E-state index contributed by atoms with van der Waals surface area (Å²) in [7, 11) is 1.95. The van der Waals surface area contributed by atoms with Crippen molar-refractivity contribution < 1.29 is 9.32 Å². The molecule has 7 heteroatoms. The first kappa shape index (κ1) is 12.4. The highest BCUT2D eigenvalue weighted by atomic mass is 16.5. The third-order valence-corrected chi connectivity index (χ3v) is 4.48. The van der Waals surface area contributed by atoms with E-state index in [1.54, 1.807) is 6.33 Å². The van der Waals surface area contributed by atoms with E-state index >= 15 is 0 Å². The molecule has 0 unspecified atom stereocenters. The minimum atomic E-state index is -0.228. The fourth-order valence-corrected chi connectivity index (χ4v) is 3.09. The summed E-state index contributed by atoms with van der Waals surface area (Å²) in [5.41, 5.74) is 0.898. The number of carbonyl (C=O) groups excluding carboxylic acids is 1. The Morgan fingerprint density at radius 1 is 1.48 bits per heavy atom. The molecule has 2 aromatic heterocycles. The first-order valence-electron chi connectivity index (χ1n) is 7.07. The summed E-state index contributed by atoms with van der Waals surface area (Å²) in [5, 5.41) is 2.29. The number of aryl methyl sites for hydroxylation is 1. The summed E-state index contributed by atoms with van der Waals surface area (Å²) >= 11 is 0. The van der Waals surface area contributed by atoms with Crippen LogP contribution in [0.25, 0.3) is 0 Å². The maximum atomic E-state index is 12.4. The van der Waals surface area contributed by atoms with Gasteiger partial charge in [-0.2, -0.15) is 5.16 Å². The zero-order valence-corrected chi connectivity index (χ0v) is 11.7. The molecule has 1 N–H and O–H groups in total. The summed E-state index contributed by atoms with van der Waals surface area (Å²) in [6.07, 6.45) is 4.51. The van der Waals surface area contributed by atoms with E-state index in [1.165, 1.54) is 6.07 Å². The molecule has 21 heavy (non-hydrogen) atoms. The lowest BCUT2D eigenvalue weighted by molar-refractivity contribution is -0.137. The van der Waals surface area contributed by atoms with Gasteiger partial charge in [-0.3, -0.25) is 9.59 Å². The summed E-state index contributed by atoms with van der Waals surface area (Å²) in [5.74, 6) is 1.37. The maximum Gasteiger partial charge on any atom is 0.280 e. The normalized spacial score (nSPS) is 24.9. The zero-order chi connectivity index (χ0) is 14.6. The molecule has 3 heterocycles. The topological polar surface area (TPSA) is 84.1 Å². The second-order valence-electron chi connectivity index (χ2n) is 5.93. The van der Waals surface area contributed by atoms with E-state index in [4.69, 9.17) is 4.52 Å². The molecule has 0 bridgehead atoms. The quantitative estimate of drug-likeness (QED) is 0.887. The van der Waals surface area contributed by atoms with Crippen LogP contribution >= 0.6 is 0 Å². The average molecular weight is 288 g/mol. The van der Waals surface area contributed by atoms with E-state index < -0.39 is 0 Å². The van der Waals surface area contributed by atoms with Crippen LogP contribution in [0.5, 0.6) is 0 Å². The van der Waals surface area contributed by atoms with E-state index in [0.717, 1.165) is 12.1 Å². The monoisotopic (exact) mass is 288 g/mol. The highest BCUT2D eigenvalue weighted by molar-refractivity contribution is 5.83. The van der Waals surface area contributed by atoms with E-state index in [2.05, 4.69) is 10.1 Å². The SMILES string of the molecule is Cn1cncc1[C@@H]1C[C@H]1C(=O)N1CC(c2cc(=O)[nH]o2)C1. The van der Waals surface area contributed by atoms with Gasteiger partial charge >= 0.3 is 0 Å². The van der Waals surface area contributed by atoms with Gasteiger partial charge in [0.1, 0.15) is 5.76 Å². The van der Waals surface area contributed by atoms with Crippen LogP contribution in [0.15, 0.2) is 27.9 Å². The van der Waals surface area contributed by atoms with Crippen molar-refractivity contribution in [2.75, 3.05) is 13.1 Å². The predicted molar refractivity (Wildman–Crippen MR) is 72.7 cm³/mol. The second kappa shape index (κ2) is 4.34. The van der Waals surface area contributed by atoms with Crippen LogP contribution in [-0.2, 0) is 11.8 Å². The van der Waals surface area contributed by atoms with Gasteiger partial charge in [0, 0.05) is 49.9 Å². The van der Waals surface area contributed by atoms with Gasteiger partial charge in [0.15, 0.2) is 0 Å². The van der Waals surface area contributed by atoms with E-state index in [9.17, 15) is 9.59 Å². The van der Waals surface area contributed by atoms with Crippen molar-refractivity contribution in [3.05, 3.63) is 40.4 Å². The van der Waals surface area contributed by atoms with Crippen LogP contribution in [-0.4, -0.2) is 38.6 Å². The molecule has 0 radical (unpaired) electrons. The maximum absolute atomic E-state index is 12.4. The molecule has 1 saturated carbocycles. The lowest BCUT2D eigenvalue weighted by Gasteiger charge is -2.38. The van der Waals surface area contributed by atoms with Crippen molar-refractivity contribution in [2.45, 2.75) is 18.3 Å². The molecule has 1 amide bonds. The Hall–Kier alpha value is -2.31. The molecule has 110 valence electrons. The molecular formula is C14H16N4O3. The number of nitrogens with zero attached hydrogens (tertiary/aromatic N) is 3. The molecule has 2 aromatic rings. The number of rotatable bonds is 3. The Balaban J connectivity index is 1.36. The van der Waals surface area contributed by atoms with Crippen molar-refractivity contribution in [2.24, 2.45) is 13.0 Å². The molecule has 1 aliphatic carbocycles. The van der Waals surface area contributed by atoms with Crippen LogP contribution in [0.4, 0.5) is 0 Å². The number of aromatic nitrogens is 3. The highest BCUT2D eigenvalue weighted by Crippen LogP contribution is 2.49. The number of nitrogens with one attached hydrogen (secondary N) is 1. The van der Waals surface area contributed by atoms with Crippen molar-refractivity contribution in [3.63, 3.8) is 0 Å². The summed E-state index contributed by atoms with van der Waals surface area (Å²) in [4.78, 5) is 29.4. The lowest BCUT2D eigenvalue weighted by Crippen LogP contribution is -2.49. The van der Waals surface area contributed by atoms with Crippen molar-refractivity contribution >= 4 is 5.91 Å². The highest BCUT2D eigenvalue weighted by Gasteiger charge is 2.49. The van der Waals surface area contributed by atoms with Crippen LogP contribution in [0, 0.1) is 5.92 Å². The second-order valence-corrected chi connectivity index (χ2v) is 5.93. The third-order valence-electron chi connectivity index (χ3n) is 4.48. The van der Waals surface area contributed by atoms with Gasteiger partial charge in [0.25, 0.3) is 5.56 Å². The number of likely N-dealkylation sites (tertiary alicyclic amines) is 1. The number of aromatic amines is 1. The van der Waals surface area contributed by atoms with Gasteiger partial charge in [-0.15, -0.1) is 0 Å². The number of imidazole rings is 1. The van der Waals surface area contributed by atoms with Gasteiger partial charge in [0.05, 0.1) is 12.2 Å². The van der Waals surface area contributed by atoms with E-state index in [-0.39, 0.29) is 23.3 Å². The molecule has 4 rings (SSSR count). The number of hydrogen-bond acceptors (Lipinski definition) is 4. The number of amides is 1. The number of carbonyl (C=O) groups is 1.